The SMILES string of the molecule is CC1=CC(C(C)(C)C)N(S(=O)(=O)c2ccccc2Cl)C1C. The lowest BCUT2D eigenvalue weighted by atomic mass is 9.87. The maximum absolute atomic E-state index is 13.1. The highest BCUT2D eigenvalue weighted by Gasteiger charge is 2.44. The van der Waals surface area contributed by atoms with Crippen molar-refractivity contribution in [3.8, 4) is 0 Å². The summed E-state index contributed by atoms with van der Waals surface area (Å²) in [6, 6.07) is 6.29. The van der Waals surface area contributed by atoms with Gasteiger partial charge in [-0.1, -0.05) is 56.2 Å². The van der Waals surface area contributed by atoms with E-state index in [-0.39, 0.29) is 27.4 Å². The Hall–Kier alpha value is -0.840. The van der Waals surface area contributed by atoms with Gasteiger partial charge in [0.25, 0.3) is 0 Å². The van der Waals surface area contributed by atoms with E-state index in [9.17, 15) is 8.42 Å². The first kappa shape index (κ1) is 16.5. The monoisotopic (exact) mass is 327 g/mol. The molecule has 2 rings (SSSR count). The zero-order valence-electron chi connectivity index (χ0n) is 13.1. The van der Waals surface area contributed by atoms with Gasteiger partial charge in [-0.25, -0.2) is 8.42 Å². The first-order chi connectivity index (χ1) is 9.56. The molecule has 1 aromatic carbocycles. The van der Waals surface area contributed by atoms with E-state index >= 15 is 0 Å². The smallest absolute Gasteiger partial charge is 0.207 e. The predicted octanol–water partition coefficient (Wildman–Crippen LogP) is 4.09. The molecule has 3 nitrogen and oxygen atoms in total. The van der Waals surface area contributed by atoms with Crippen molar-refractivity contribution in [2.24, 2.45) is 5.41 Å². The van der Waals surface area contributed by atoms with Gasteiger partial charge in [0.05, 0.1) is 5.02 Å². The maximum Gasteiger partial charge on any atom is 0.245 e. The first-order valence-corrected chi connectivity index (χ1v) is 8.85. The van der Waals surface area contributed by atoms with Crippen molar-refractivity contribution >= 4 is 21.6 Å². The number of nitrogens with zero attached hydrogens (tertiary/aromatic N) is 1. The molecule has 1 aliphatic rings. The molecule has 2 atom stereocenters. The molecule has 0 amide bonds. The summed E-state index contributed by atoms with van der Waals surface area (Å²) >= 11 is 6.11. The van der Waals surface area contributed by atoms with Gasteiger partial charge in [0, 0.05) is 12.1 Å². The van der Waals surface area contributed by atoms with Crippen molar-refractivity contribution in [3.05, 3.63) is 40.9 Å². The molecule has 1 aliphatic heterocycles. The molecule has 2 unspecified atom stereocenters. The van der Waals surface area contributed by atoms with Gasteiger partial charge < -0.3 is 0 Å². The number of hydrogen-bond donors (Lipinski definition) is 0. The Balaban J connectivity index is 2.56. The topological polar surface area (TPSA) is 37.4 Å². The van der Waals surface area contributed by atoms with Crippen LogP contribution in [0.2, 0.25) is 5.02 Å². The van der Waals surface area contributed by atoms with Crippen molar-refractivity contribution in [1.29, 1.82) is 0 Å². The van der Waals surface area contributed by atoms with Crippen LogP contribution in [0.15, 0.2) is 40.8 Å². The highest BCUT2D eigenvalue weighted by Crippen LogP contribution is 2.39. The molecule has 0 radical (unpaired) electrons. The Morgan fingerprint density at radius 3 is 2.29 bits per heavy atom. The Labute approximate surface area is 132 Å². The van der Waals surface area contributed by atoms with Crippen molar-refractivity contribution < 1.29 is 8.42 Å². The zero-order valence-corrected chi connectivity index (χ0v) is 14.7. The third kappa shape index (κ3) is 2.89. The van der Waals surface area contributed by atoms with E-state index in [0.717, 1.165) is 5.57 Å². The summed E-state index contributed by atoms with van der Waals surface area (Å²) in [7, 11) is -3.63. The molecule has 1 aromatic rings. The molecule has 0 aromatic heterocycles. The highest BCUT2D eigenvalue weighted by atomic mass is 35.5. The van der Waals surface area contributed by atoms with Gasteiger partial charge in [0.2, 0.25) is 10.0 Å². The van der Waals surface area contributed by atoms with Crippen LogP contribution in [0, 0.1) is 5.41 Å². The number of benzene rings is 1. The van der Waals surface area contributed by atoms with E-state index in [1.807, 2.05) is 13.8 Å². The Morgan fingerprint density at radius 2 is 1.76 bits per heavy atom. The van der Waals surface area contributed by atoms with Crippen molar-refractivity contribution in [1.82, 2.24) is 4.31 Å². The first-order valence-electron chi connectivity index (χ1n) is 7.03. The minimum Gasteiger partial charge on any atom is -0.207 e. The summed E-state index contributed by atoms with van der Waals surface area (Å²) in [4.78, 5) is 0.177. The van der Waals surface area contributed by atoms with Crippen LogP contribution in [-0.4, -0.2) is 24.8 Å². The lowest BCUT2D eigenvalue weighted by Crippen LogP contribution is -2.46. The average molecular weight is 328 g/mol. The van der Waals surface area contributed by atoms with E-state index in [0.29, 0.717) is 0 Å². The van der Waals surface area contributed by atoms with Crippen molar-refractivity contribution in [2.75, 3.05) is 0 Å². The molecule has 21 heavy (non-hydrogen) atoms. The number of halogens is 1. The zero-order chi connectivity index (χ0) is 16.0. The van der Waals surface area contributed by atoms with Gasteiger partial charge in [-0.3, -0.25) is 0 Å². The van der Waals surface area contributed by atoms with Crippen molar-refractivity contribution in [3.63, 3.8) is 0 Å². The van der Waals surface area contributed by atoms with Crippen LogP contribution in [0.5, 0.6) is 0 Å². The van der Waals surface area contributed by atoms with Gasteiger partial charge >= 0.3 is 0 Å². The van der Waals surface area contributed by atoms with Crippen LogP contribution in [-0.2, 0) is 10.0 Å². The fourth-order valence-electron chi connectivity index (χ4n) is 2.66. The maximum atomic E-state index is 13.1. The van der Waals surface area contributed by atoms with Crippen LogP contribution in [0.4, 0.5) is 0 Å². The minimum absolute atomic E-state index is 0.157. The van der Waals surface area contributed by atoms with Crippen molar-refractivity contribution in [2.45, 2.75) is 51.6 Å². The normalized spacial score (nSPS) is 24.2. The standard InChI is InChI=1S/C16H22ClNO2S/c1-11-10-15(16(3,4)5)18(12(11)2)21(19,20)14-9-7-6-8-13(14)17/h6-10,12,15H,1-5H3. The lowest BCUT2D eigenvalue weighted by molar-refractivity contribution is 0.216. The molecule has 1 heterocycles. The van der Waals surface area contributed by atoms with Crippen LogP contribution >= 0.6 is 11.6 Å². The second-order valence-electron chi connectivity index (χ2n) is 6.66. The third-order valence-electron chi connectivity index (χ3n) is 4.02. The summed E-state index contributed by atoms with van der Waals surface area (Å²) < 4.78 is 27.7. The average Bonchev–Trinajstić information content (AvgIpc) is 2.66. The largest absolute Gasteiger partial charge is 0.245 e. The number of sulfonamides is 1. The van der Waals surface area contributed by atoms with Crippen LogP contribution < -0.4 is 0 Å². The molecule has 5 heteroatoms. The predicted molar refractivity (Wildman–Crippen MR) is 86.9 cm³/mol. The summed E-state index contributed by atoms with van der Waals surface area (Å²) in [5.74, 6) is 0. The fraction of sp³-hybridized carbons (Fsp3) is 0.500. The Bertz CT molecular complexity index is 674. The van der Waals surface area contributed by atoms with Gasteiger partial charge in [0.1, 0.15) is 4.90 Å². The van der Waals surface area contributed by atoms with Crippen LogP contribution in [0.3, 0.4) is 0 Å². The van der Waals surface area contributed by atoms with Gasteiger partial charge in [0.15, 0.2) is 0 Å². The highest BCUT2D eigenvalue weighted by molar-refractivity contribution is 7.89. The molecule has 0 bridgehead atoms. The fourth-order valence-corrected chi connectivity index (χ4v) is 5.14. The summed E-state index contributed by atoms with van der Waals surface area (Å²) in [6.45, 7) is 10.1. The van der Waals surface area contributed by atoms with E-state index in [2.05, 4.69) is 26.8 Å². The molecule has 0 saturated heterocycles. The molecule has 0 spiro atoms. The second-order valence-corrected chi connectivity index (χ2v) is 8.88. The van der Waals surface area contributed by atoms with Gasteiger partial charge in [-0.05, 0) is 31.4 Å². The van der Waals surface area contributed by atoms with Gasteiger partial charge in [-0.15, -0.1) is 0 Å². The molecule has 116 valence electrons. The summed E-state index contributed by atoms with van der Waals surface area (Å²) in [5.41, 5.74) is 0.894. The molecule has 0 saturated carbocycles. The number of rotatable bonds is 2. The molecule has 0 N–H and O–H groups in total. The molecule has 0 fully saturated rings. The van der Waals surface area contributed by atoms with E-state index in [1.54, 1.807) is 28.6 Å². The molecular weight excluding hydrogens is 306 g/mol. The third-order valence-corrected chi connectivity index (χ3v) is 6.47. The second kappa shape index (κ2) is 5.41. The Kier molecular flexibility index (Phi) is 4.26. The minimum atomic E-state index is -3.63. The van der Waals surface area contributed by atoms with E-state index in [4.69, 9.17) is 11.6 Å². The number of hydrogen-bond acceptors (Lipinski definition) is 2. The lowest BCUT2D eigenvalue weighted by Gasteiger charge is -2.36. The Morgan fingerprint density at radius 1 is 1.19 bits per heavy atom. The summed E-state index contributed by atoms with van der Waals surface area (Å²) in [6.07, 6.45) is 2.05. The van der Waals surface area contributed by atoms with Crippen LogP contribution in [0.1, 0.15) is 34.6 Å². The van der Waals surface area contributed by atoms with Crippen LogP contribution in [0.25, 0.3) is 0 Å². The van der Waals surface area contributed by atoms with E-state index < -0.39 is 10.0 Å². The quantitative estimate of drug-likeness (QED) is 0.767. The van der Waals surface area contributed by atoms with Gasteiger partial charge in [-0.2, -0.15) is 4.31 Å². The molecule has 0 aliphatic carbocycles. The molecular formula is C16H22ClNO2S. The van der Waals surface area contributed by atoms with E-state index in [1.165, 1.54) is 0 Å². The summed E-state index contributed by atoms with van der Waals surface area (Å²) in [5, 5.41) is 0.266.